The Labute approximate surface area is 154 Å². The van der Waals surface area contributed by atoms with Crippen LogP contribution in [-0.2, 0) is 4.74 Å². The van der Waals surface area contributed by atoms with Gasteiger partial charge in [0.05, 0.1) is 18.4 Å². The summed E-state index contributed by atoms with van der Waals surface area (Å²) >= 11 is 0. The van der Waals surface area contributed by atoms with Gasteiger partial charge >= 0.3 is 5.97 Å². The molecule has 138 valence electrons. The first-order chi connectivity index (χ1) is 13.0. The summed E-state index contributed by atoms with van der Waals surface area (Å²) in [6.07, 6.45) is 0. The second kappa shape index (κ2) is 7.65. The molecule has 0 spiro atoms. The highest BCUT2D eigenvalue weighted by molar-refractivity contribution is 6.07. The quantitative estimate of drug-likeness (QED) is 0.661. The van der Waals surface area contributed by atoms with Crippen molar-refractivity contribution in [1.82, 2.24) is 15.1 Å². The molecule has 3 rings (SSSR count). The summed E-state index contributed by atoms with van der Waals surface area (Å²) in [6, 6.07) is 9.73. The predicted octanol–water partition coefficient (Wildman–Crippen LogP) is 2.86. The first-order valence-corrected chi connectivity index (χ1v) is 8.01. The van der Waals surface area contributed by atoms with Gasteiger partial charge in [-0.25, -0.2) is 14.8 Å². The molecule has 2 N–H and O–H groups in total. The van der Waals surface area contributed by atoms with Gasteiger partial charge < -0.3 is 19.9 Å². The average Bonchev–Trinajstić information content (AvgIpc) is 3.05. The van der Waals surface area contributed by atoms with Gasteiger partial charge in [-0.1, -0.05) is 17.3 Å². The maximum atomic E-state index is 12.6. The third-order valence-electron chi connectivity index (χ3n) is 3.54. The summed E-state index contributed by atoms with van der Waals surface area (Å²) in [5, 5.41) is 9.45. The number of aryl methyl sites for hydroxylation is 2. The van der Waals surface area contributed by atoms with Crippen LogP contribution in [0.4, 0.5) is 17.3 Å². The minimum absolute atomic E-state index is 0.130. The Morgan fingerprint density at radius 2 is 1.85 bits per heavy atom. The number of carbonyl (C=O) groups is 2. The van der Waals surface area contributed by atoms with E-state index in [1.54, 1.807) is 44.2 Å². The van der Waals surface area contributed by atoms with Crippen LogP contribution in [0.15, 0.2) is 40.9 Å². The zero-order valence-electron chi connectivity index (χ0n) is 14.9. The standard InChI is InChI=1S/C18H17N5O4/c1-10-8-16(23-27-10)22-15-9-14(19-11(2)20-15)17(24)21-13-7-5-4-6-12(13)18(25)26-3/h4-9H,1-3H3,(H,21,24)(H,19,20,22,23). The zero-order valence-corrected chi connectivity index (χ0v) is 14.9. The van der Waals surface area contributed by atoms with Gasteiger partial charge in [-0.3, -0.25) is 4.79 Å². The Balaban J connectivity index is 1.84. The highest BCUT2D eigenvalue weighted by Crippen LogP contribution is 2.19. The van der Waals surface area contributed by atoms with Crippen molar-refractivity contribution < 1.29 is 18.8 Å². The van der Waals surface area contributed by atoms with E-state index in [2.05, 4.69) is 25.8 Å². The number of benzene rings is 1. The first-order valence-electron chi connectivity index (χ1n) is 8.01. The van der Waals surface area contributed by atoms with Crippen molar-refractivity contribution >= 4 is 29.2 Å². The van der Waals surface area contributed by atoms with Gasteiger partial charge in [0.15, 0.2) is 5.82 Å². The first kappa shape index (κ1) is 18.1. The lowest BCUT2D eigenvalue weighted by atomic mass is 10.1. The molecular formula is C18H17N5O4. The highest BCUT2D eigenvalue weighted by Gasteiger charge is 2.16. The monoisotopic (exact) mass is 367 g/mol. The summed E-state index contributed by atoms with van der Waals surface area (Å²) in [4.78, 5) is 32.8. The minimum atomic E-state index is -0.548. The third kappa shape index (κ3) is 4.27. The lowest BCUT2D eigenvalue weighted by Crippen LogP contribution is -2.17. The smallest absolute Gasteiger partial charge is 0.339 e. The number of methoxy groups -OCH3 is 1. The number of esters is 1. The Kier molecular flexibility index (Phi) is 5.11. The molecule has 0 unspecified atom stereocenters. The van der Waals surface area contributed by atoms with Crippen LogP contribution in [0.2, 0.25) is 0 Å². The molecule has 2 heterocycles. The molecule has 0 bridgehead atoms. The molecule has 0 aliphatic rings. The van der Waals surface area contributed by atoms with E-state index in [0.717, 1.165) is 0 Å². The van der Waals surface area contributed by atoms with Gasteiger partial charge in [0, 0.05) is 12.1 Å². The molecule has 27 heavy (non-hydrogen) atoms. The number of carbonyl (C=O) groups excluding carboxylic acids is 2. The van der Waals surface area contributed by atoms with E-state index in [9.17, 15) is 9.59 Å². The molecule has 9 heteroatoms. The molecule has 9 nitrogen and oxygen atoms in total. The van der Waals surface area contributed by atoms with Crippen LogP contribution in [0, 0.1) is 13.8 Å². The molecule has 0 radical (unpaired) electrons. The molecule has 0 fully saturated rings. The van der Waals surface area contributed by atoms with Gasteiger partial charge in [-0.05, 0) is 26.0 Å². The number of aromatic nitrogens is 3. The van der Waals surface area contributed by atoms with Crippen LogP contribution in [0.25, 0.3) is 0 Å². The molecular weight excluding hydrogens is 350 g/mol. The van der Waals surface area contributed by atoms with E-state index < -0.39 is 11.9 Å². The van der Waals surface area contributed by atoms with Crippen LogP contribution in [0.5, 0.6) is 0 Å². The van der Waals surface area contributed by atoms with E-state index in [4.69, 9.17) is 9.26 Å². The summed E-state index contributed by atoms with van der Waals surface area (Å²) in [5.74, 6) is 0.854. The van der Waals surface area contributed by atoms with Crippen molar-refractivity contribution in [3.63, 3.8) is 0 Å². The number of nitrogens with one attached hydrogen (secondary N) is 2. The van der Waals surface area contributed by atoms with E-state index >= 15 is 0 Å². The number of ether oxygens (including phenoxy) is 1. The van der Waals surface area contributed by atoms with Gasteiger partial charge in [0.25, 0.3) is 5.91 Å². The fourth-order valence-electron chi connectivity index (χ4n) is 2.37. The maximum absolute atomic E-state index is 12.6. The average molecular weight is 367 g/mol. The number of nitrogens with zero attached hydrogens (tertiary/aromatic N) is 3. The largest absolute Gasteiger partial charge is 0.465 e. The molecule has 3 aromatic rings. The Bertz CT molecular complexity index is 999. The van der Waals surface area contributed by atoms with Crippen molar-refractivity contribution in [3.05, 3.63) is 59.2 Å². The molecule has 0 saturated carbocycles. The lowest BCUT2D eigenvalue weighted by Gasteiger charge is -2.10. The topological polar surface area (TPSA) is 119 Å². The molecule has 0 saturated heterocycles. The van der Waals surface area contributed by atoms with Crippen LogP contribution < -0.4 is 10.6 Å². The van der Waals surface area contributed by atoms with Crippen LogP contribution in [0.3, 0.4) is 0 Å². The van der Waals surface area contributed by atoms with Crippen molar-refractivity contribution in [2.24, 2.45) is 0 Å². The minimum Gasteiger partial charge on any atom is -0.465 e. The number of hydrogen-bond donors (Lipinski definition) is 2. The fraction of sp³-hybridized carbons (Fsp3) is 0.167. The predicted molar refractivity (Wildman–Crippen MR) is 97.0 cm³/mol. The van der Waals surface area contributed by atoms with Gasteiger partial charge in [-0.2, -0.15) is 0 Å². The lowest BCUT2D eigenvalue weighted by molar-refractivity contribution is 0.0602. The summed E-state index contributed by atoms with van der Waals surface area (Å²) in [6.45, 7) is 3.43. The van der Waals surface area contributed by atoms with E-state index in [-0.39, 0.29) is 11.3 Å². The Hall–Kier alpha value is -3.75. The number of anilines is 3. The number of rotatable bonds is 5. The number of amides is 1. The molecule has 0 aliphatic carbocycles. The second-order valence-electron chi connectivity index (χ2n) is 5.62. The van der Waals surface area contributed by atoms with Crippen molar-refractivity contribution in [2.45, 2.75) is 13.8 Å². The van der Waals surface area contributed by atoms with E-state index in [1.165, 1.54) is 13.2 Å². The number of para-hydroxylation sites is 1. The third-order valence-corrected chi connectivity index (χ3v) is 3.54. The van der Waals surface area contributed by atoms with Gasteiger partial charge in [0.1, 0.15) is 23.1 Å². The van der Waals surface area contributed by atoms with Crippen LogP contribution >= 0.6 is 0 Å². The molecule has 1 amide bonds. The SMILES string of the molecule is COC(=O)c1ccccc1NC(=O)c1cc(Nc2cc(C)on2)nc(C)n1. The van der Waals surface area contributed by atoms with Crippen LogP contribution in [0.1, 0.15) is 32.4 Å². The van der Waals surface area contributed by atoms with Crippen molar-refractivity contribution in [3.8, 4) is 0 Å². The normalized spacial score (nSPS) is 10.3. The van der Waals surface area contributed by atoms with Gasteiger partial charge in [-0.15, -0.1) is 0 Å². The van der Waals surface area contributed by atoms with Crippen molar-refractivity contribution in [1.29, 1.82) is 0 Å². The molecule has 2 aromatic heterocycles. The summed E-state index contributed by atoms with van der Waals surface area (Å²) in [7, 11) is 1.28. The molecule has 0 aliphatic heterocycles. The fourth-order valence-corrected chi connectivity index (χ4v) is 2.37. The number of hydrogen-bond acceptors (Lipinski definition) is 8. The highest BCUT2D eigenvalue weighted by atomic mass is 16.5. The van der Waals surface area contributed by atoms with Crippen molar-refractivity contribution in [2.75, 3.05) is 17.7 Å². The van der Waals surface area contributed by atoms with E-state index in [0.29, 0.717) is 28.9 Å². The summed E-state index contributed by atoms with van der Waals surface area (Å²) in [5.41, 5.74) is 0.702. The zero-order chi connectivity index (χ0) is 19.4. The Morgan fingerprint density at radius 3 is 2.56 bits per heavy atom. The molecule has 1 aromatic carbocycles. The second-order valence-corrected chi connectivity index (χ2v) is 5.62. The van der Waals surface area contributed by atoms with Crippen LogP contribution in [-0.4, -0.2) is 34.1 Å². The Morgan fingerprint density at radius 1 is 1.07 bits per heavy atom. The van der Waals surface area contributed by atoms with E-state index in [1.807, 2.05) is 0 Å². The summed E-state index contributed by atoms with van der Waals surface area (Å²) < 4.78 is 9.72. The van der Waals surface area contributed by atoms with Gasteiger partial charge in [0.2, 0.25) is 0 Å². The molecule has 0 atom stereocenters. The maximum Gasteiger partial charge on any atom is 0.339 e.